The Kier molecular flexibility index (Phi) is 5.82. The number of nitro benzene ring substituents is 1. The number of carbonyl (C=O) groups is 1. The zero-order valence-corrected chi connectivity index (χ0v) is 12.5. The van der Waals surface area contributed by atoms with Crippen molar-refractivity contribution >= 4 is 29.1 Å². The van der Waals surface area contributed by atoms with Crippen LogP contribution in [0, 0.1) is 10.1 Å². The number of anilines is 1. The summed E-state index contributed by atoms with van der Waals surface area (Å²) in [5.74, 6) is -0.466. The predicted octanol–water partition coefficient (Wildman–Crippen LogP) is 2.87. The Morgan fingerprint density at radius 2 is 2.20 bits per heavy atom. The summed E-state index contributed by atoms with van der Waals surface area (Å²) in [4.78, 5) is 23.5. The van der Waals surface area contributed by atoms with Crippen LogP contribution in [0.15, 0.2) is 18.2 Å². The highest BCUT2D eigenvalue weighted by Crippen LogP contribution is 2.33. The Morgan fingerprint density at radius 1 is 1.55 bits per heavy atom. The van der Waals surface area contributed by atoms with E-state index in [2.05, 4.69) is 0 Å². The smallest absolute Gasteiger partial charge is 0.342 e. The molecule has 1 aromatic carbocycles. The fourth-order valence-corrected chi connectivity index (χ4v) is 2.92. The Bertz CT molecular complexity index is 507. The van der Waals surface area contributed by atoms with Crippen molar-refractivity contribution < 1.29 is 14.8 Å². The summed E-state index contributed by atoms with van der Waals surface area (Å²) in [6.07, 6.45) is 2.80. The summed E-state index contributed by atoms with van der Waals surface area (Å²) in [5.41, 5.74) is -0.281. The SMILES string of the molecule is CCC(CSC)N(C)c1cccc(C(=O)O)c1[N+](=O)[O-]. The van der Waals surface area contributed by atoms with Gasteiger partial charge in [-0.1, -0.05) is 13.0 Å². The second-order valence-corrected chi connectivity index (χ2v) is 5.27. The molecule has 7 heteroatoms. The molecular formula is C13H18N2O4S. The minimum absolute atomic E-state index is 0.118. The highest BCUT2D eigenvalue weighted by Gasteiger charge is 2.28. The predicted molar refractivity (Wildman–Crippen MR) is 80.9 cm³/mol. The van der Waals surface area contributed by atoms with E-state index in [1.165, 1.54) is 12.1 Å². The quantitative estimate of drug-likeness (QED) is 0.615. The monoisotopic (exact) mass is 298 g/mol. The van der Waals surface area contributed by atoms with Crippen LogP contribution in [0.25, 0.3) is 0 Å². The van der Waals surface area contributed by atoms with E-state index in [4.69, 9.17) is 5.11 Å². The van der Waals surface area contributed by atoms with Crippen molar-refractivity contribution in [1.29, 1.82) is 0 Å². The Morgan fingerprint density at radius 3 is 2.65 bits per heavy atom. The van der Waals surface area contributed by atoms with Gasteiger partial charge in [-0.15, -0.1) is 0 Å². The molecule has 0 spiro atoms. The van der Waals surface area contributed by atoms with Crippen molar-refractivity contribution in [3.63, 3.8) is 0 Å². The summed E-state index contributed by atoms with van der Waals surface area (Å²) < 4.78 is 0. The number of para-hydroxylation sites is 1. The minimum Gasteiger partial charge on any atom is -0.477 e. The number of thioether (sulfide) groups is 1. The fraction of sp³-hybridized carbons (Fsp3) is 0.462. The molecule has 1 unspecified atom stereocenters. The summed E-state index contributed by atoms with van der Waals surface area (Å²) in [5, 5.41) is 20.3. The lowest BCUT2D eigenvalue weighted by molar-refractivity contribution is -0.384. The first-order valence-corrected chi connectivity index (χ1v) is 7.55. The lowest BCUT2D eigenvalue weighted by atomic mass is 10.1. The highest BCUT2D eigenvalue weighted by atomic mass is 32.2. The minimum atomic E-state index is -1.29. The average molecular weight is 298 g/mol. The molecule has 0 heterocycles. The fourth-order valence-electron chi connectivity index (χ4n) is 2.07. The van der Waals surface area contributed by atoms with E-state index in [1.807, 2.05) is 13.2 Å². The summed E-state index contributed by atoms with van der Waals surface area (Å²) in [6, 6.07) is 4.50. The Hall–Kier alpha value is -1.76. The van der Waals surface area contributed by atoms with Gasteiger partial charge >= 0.3 is 11.7 Å². The van der Waals surface area contributed by atoms with E-state index >= 15 is 0 Å². The Labute approximate surface area is 121 Å². The van der Waals surface area contributed by atoms with E-state index < -0.39 is 10.9 Å². The standard InChI is InChI=1S/C13H18N2O4S/c1-4-9(8-20-3)14(2)11-7-5-6-10(13(16)17)12(11)15(18)19/h5-7,9H,4,8H2,1-3H3,(H,16,17). The molecule has 0 radical (unpaired) electrons. The van der Waals surface area contributed by atoms with Crippen LogP contribution >= 0.6 is 11.8 Å². The maximum Gasteiger partial charge on any atom is 0.342 e. The molecule has 1 N–H and O–H groups in total. The van der Waals surface area contributed by atoms with Crippen molar-refractivity contribution in [3.8, 4) is 0 Å². The van der Waals surface area contributed by atoms with Crippen LogP contribution < -0.4 is 4.90 Å². The molecule has 1 atom stereocenters. The largest absolute Gasteiger partial charge is 0.477 e. The maximum absolute atomic E-state index is 11.2. The lowest BCUT2D eigenvalue weighted by Gasteiger charge is -2.28. The van der Waals surface area contributed by atoms with E-state index in [-0.39, 0.29) is 17.3 Å². The second-order valence-electron chi connectivity index (χ2n) is 4.36. The van der Waals surface area contributed by atoms with Crippen molar-refractivity contribution in [2.45, 2.75) is 19.4 Å². The Balaban J connectivity index is 3.33. The number of hydrogen-bond acceptors (Lipinski definition) is 5. The van der Waals surface area contributed by atoms with Gasteiger partial charge in [-0.3, -0.25) is 10.1 Å². The van der Waals surface area contributed by atoms with Crippen LogP contribution in [0.2, 0.25) is 0 Å². The van der Waals surface area contributed by atoms with Crippen LogP contribution in [0.4, 0.5) is 11.4 Å². The van der Waals surface area contributed by atoms with E-state index in [1.54, 1.807) is 29.8 Å². The number of benzene rings is 1. The number of nitrogens with zero attached hydrogens (tertiary/aromatic N) is 2. The van der Waals surface area contributed by atoms with Gasteiger partial charge in [0.25, 0.3) is 0 Å². The molecule has 20 heavy (non-hydrogen) atoms. The van der Waals surface area contributed by atoms with Gasteiger partial charge in [-0.05, 0) is 24.8 Å². The molecule has 0 aliphatic carbocycles. The summed E-state index contributed by atoms with van der Waals surface area (Å²) >= 11 is 1.65. The average Bonchev–Trinajstić information content (AvgIpc) is 2.42. The number of carboxylic acids is 1. The van der Waals surface area contributed by atoms with Gasteiger partial charge in [0, 0.05) is 18.8 Å². The third kappa shape index (κ3) is 3.41. The van der Waals surface area contributed by atoms with E-state index in [0.717, 1.165) is 12.2 Å². The van der Waals surface area contributed by atoms with Gasteiger partial charge in [0.1, 0.15) is 11.3 Å². The molecule has 0 aliphatic heterocycles. The number of hydrogen-bond donors (Lipinski definition) is 1. The lowest BCUT2D eigenvalue weighted by Crippen LogP contribution is -2.33. The van der Waals surface area contributed by atoms with Gasteiger partial charge in [0.05, 0.1) is 4.92 Å². The highest BCUT2D eigenvalue weighted by molar-refractivity contribution is 7.98. The summed E-state index contributed by atoms with van der Waals surface area (Å²) in [7, 11) is 1.76. The van der Waals surface area contributed by atoms with E-state index in [9.17, 15) is 14.9 Å². The van der Waals surface area contributed by atoms with Gasteiger partial charge in [-0.25, -0.2) is 4.79 Å². The van der Waals surface area contributed by atoms with Gasteiger partial charge in [0.15, 0.2) is 0 Å². The van der Waals surface area contributed by atoms with Crippen LogP contribution in [0.3, 0.4) is 0 Å². The van der Waals surface area contributed by atoms with Crippen LogP contribution in [-0.4, -0.2) is 41.1 Å². The second kappa shape index (κ2) is 7.14. The molecule has 0 aliphatic rings. The molecule has 1 rings (SSSR count). The number of aromatic carboxylic acids is 1. The van der Waals surface area contributed by atoms with Crippen molar-refractivity contribution in [2.24, 2.45) is 0 Å². The van der Waals surface area contributed by atoms with Gasteiger partial charge < -0.3 is 10.0 Å². The molecule has 0 bridgehead atoms. The first-order chi connectivity index (χ1) is 9.43. The zero-order chi connectivity index (χ0) is 15.3. The number of rotatable bonds is 7. The molecule has 6 nitrogen and oxygen atoms in total. The molecular weight excluding hydrogens is 280 g/mol. The van der Waals surface area contributed by atoms with Crippen LogP contribution in [0.1, 0.15) is 23.7 Å². The molecule has 1 aromatic rings. The zero-order valence-electron chi connectivity index (χ0n) is 11.7. The molecule has 0 saturated heterocycles. The van der Waals surface area contributed by atoms with Crippen LogP contribution in [-0.2, 0) is 0 Å². The molecule has 0 fully saturated rings. The number of carboxylic acid groups (broad SMARTS) is 1. The first kappa shape index (κ1) is 16.3. The van der Waals surface area contributed by atoms with E-state index in [0.29, 0.717) is 5.69 Å². The third-order valence-corrected chi connectivity index (χ3v) is 3.90. The first-order valence-electron chi connectivity index (χ1n) is 6.16. The summed E-state index contributed by atoms with van der Waals surface area (Å²) in [6.45, 7) is 2.00. The molecule has 110 valence electrons. The van der Waals surface area contributed by atoms with Crippen molar-refractivity contribution in [3.05, 3.63) is 33.9 Å². The molecule has 0 amide bonds. The maximum atomic E-state index is 11.2. The van der Waals surface area contributed by atoms with Gasteiger partial charge in [-0.2, -0.15) is 11.8 Å². The third-order valence-electron chi connectivity index (χ3n) is 3.19. The number of nitro groups is 1. The molecule has 0 aromatic heterocycles. The topological polar surface area (TPSA) is 83.7 Å². The van der Waals surface area contributed by atoms with Gasteiger partial charge in [0.2, 0.25) is 0 Å². The normalized spacial score (nSPS) is 11.9. The van der Waals surface area contributed by atoms with Crippen LogP contribution in [0.5, 0.6) is 0 Å². The molecule has 0 saturated carbocycles. The van der Waals surface area contributed by atoms with Crippen molar-refractivity contribution in [2.75, 3.05) is 24.0 Å². The van der Waals surface area contributed by atoms with Crippen molar-refractivity contribution in [1.82, 2.24) is 0 Å².